The van der Waals surface area contributed by atoms with Crippen LogP contribution in [0.1, 0.15) is 44.9 Å². The summed E-state index contributed by atoms with van der Waals surface area (Å²) in [4.78, 5) is 28.3. The third kappa shape index (κ3) is 2.04. The van der Waals surface area contributed by atoms with Crippen LogP contribution in [0.5, 0.6) is 0 Å². The van der Waals surface area contributed by atoms with E-state index in [4.69, 9.17) is 4.74 Å². The number of hydrogen-bond acceptors (Lipinski definition) is 3. The van der Waals surface area contributed by atoms with Crippen molar-refractivity contribution in [3.63, 3.8) is 0 Å². The molecule has 2 saturated heterocycles. The molecule has 3 amide bonds. The maximum Gasteiger partial charge on any atom is 0.327 e. The Hall–Kier alpha value is -1.10. The van der Waals surface area contributed by atoms with Gasteiger partial charge in [-0.3, -0.25) is 9.69 Å². The topological polar surface area (TPSA) is 49.9 Å². The van der Waals surface area contributed by atoms with E-state index in [0.717, 1.165) is 32.1 Å². The Morgan fingerprint density at radius 2 is 1.95 bits per heavy atom. The third-order valence-corrected chi connectivity index (χ3v) is 5.01. The summed E-state index contributed by atoms with van der Waals surface area (Å²) in [6, 6.07) is -0.169. The van der Waals surface area contributed by atoms with E-state index in [1.54, 1.807) is 0 Å². The molecule has 19 heavy (non-hydrogen) atoms. The second-order valence-corrected chi connectivity index (χ2v) is 6.08. The first-order valence-corrected chi connectivity index (χ1v) is 7.32. The molecule has 1 aliphatic carbocycles. The Morgan fingerprint density at radius 3 is 2.58 bits per heavy atom. The summed E-state index contributed by atoms with van der Waals surface area (Å²) in [6.07, 6.45) is 6.67. The average Bonchev–Trinajstić information content (AvgIpc) is 2.91. The Balaban J connectivity index is 1.82. The van der Waals surface area contributed by atoms with Gasteiger partial charge in [-0.1, -0.05) is 19.3 Å². The first-order valence-electron chi connectivity index (χ1n) is 7.32. The lowest BCUT2D eigenvalue weighted by Crippen LogP contribution is -2.65. The van der Waals surface area contributed by atoms with Crippen molar-refractivity contribution in [1.82, 2.24) is 9.80 Å². The molecule has 0 N–H and O–H groups in total. The molecule has 0 aromatic carbocycles. The summed E-state index contributed by atoms with van der Waals surface area (Å²) in [7, 11) is 1.86. The standard InChI is InChI=1S/C14H22N2O3/c1-15-13(18)16(11-5-8-19-10-11)12(17)9-14(15)6-3-2-4-7-14/h11H,2-10H2,1H3. The summed E-state index contributed by atoms with van der Waals surface area (Å²) in [5.41, 5.74) is -0.206. The van der Waals surface area contributed by atoms with E-state index in [2.05, 4.69) is 0 Å². The number of carbonyl (C=O) groups excluding carboxylic acids is 2. The van der Waals surface area contributed by atoms with E-state index in [0.29, 0.717) is 19.6 Å². The van der Waals surface area contributed by atoms with Crippen molar-refractivity contribution in [1.29, 1.82) is 0 Å². The fraction of sp³-hybridized carbons (Fsp3) is 0.857. The van der Waals surface area contributed by atoms with Crippen LogP contribution in [0.15, 0.2) is 0 Å². The molecule has 0 aromatic rings. The molecule has 2 heterocycles. The van der Waals surface area contributed by atoms with Crippen molar-refractivity contribution in [3.8, 4) is 0 Å². The number of carbonyl (C=O) groups is 2. The van der Waals surface area contributed by atoms with Gasteiger partial charge >= 0.3 is 6.03 Å². The quantitative estimate of drug-likeness (QED) is 0.726. The highest BCUT2D eigenvalue weighted by molar-refractivity contribution is 5.98. The minimum Gasteiger partial charge on any atom is -0.379 e. The highest BCUT2D eigenvalue weighted by Crippen LogP contribution is 2.40. The molecule has 3 fully saturated rings. The highest BCUT2D eigenvalue weighted by atomic mass is 16.5. The van der Waals surface area contributed by atoms with Gasteiger partial charge in [0.1, 0.15) is 0 Å². The first-order chi connectivity index (χ1) is 9.14. The summed E-state index contributed by atoms with van der Waals surface area (Å²) in [5.74, 6) is 0.000463. The molecule has 3 aliphatic rings. The molecule has 5 heteroatoms. The maximum atomic E-state index is 12.6. The van der Waals surface area contributed by atoms with Crippen molar-refractivity contribution >= 4 is 11.9 Å². The molecular weight excluding hydrogens is 244 g/mol. The van der Waals surface area contributed by atoms with Crippen molar-refractivity contribution in [2.45, 2.75) is 56.5 Å². The van der Waals surface area contributed by atoms with Gasteiger partial charge in [-0.25, -0.2) is 4.79 Å². The molecule has 0 bridgehead atoms. The molecule has 1 unspecified atom stereocenters. The van der Waals surface area contributed by atoms with E-state index in [-0.39, 0.29) is 23.5 Å². The molecule has 3 rings (SSSR count). The molecule has 2 aliphatic heterocycles. The Morgan fingerprint density at radius 1 is 1.21 bits per heavy atom. The van der Waals surface area contributed by atoms with E-state index < -0.39 is 0 Å². The smallest absolute Gasteiger partial charge is 0.327 e. The molecule has 0 aromatic heterocycles. The van der Waals surface area contributed by atoms with E-state index in [1.807, 2.05) is 11.9 Å². The van der Waals surface area contributed by atoms with Crippen molar-refractivity contribution < 1.29 is 14.3 Å². The molecule has 1 spiro atoms. The van der Waals surface area contributed by atoms with Gasteiger partial charge in [0.25, 0.3) is 0 Å². The fourth-order valence-corrected chi connectivity index (χ4v) is 3.76. The van der Waals surface area contributed by atoms with Crippen LogP contribution in [-0.2, 0) is 9.53 Å². The van der Waals surface area contributed by atoms with Gasteiger partial charge in [-0.15, -0.1) is 0 Å². The van der Waals surface area contributed by atoms with Gasteiger partial charge in [0.05, 0.1) is 24.6 Å². The predicted molar refractivity (Wildman–Crippen MR) is 69.7 cm³/mol. The summed E-state index contributed by atoms with van der Waals surface area (Å²) < 4.78 is 5.31. The SMILES string of the molecule is CN1C(=O)N(C2CCOC2)C(=O)CC12CCCCC2. The minimum absolute atomic E-state index is 0.000463. The first kappa shape index (κ1) is 12.9. The second kappa shape index (κ2) is 4.78. The van der Waals surface area contributed by atoms with Crippen LogP contribution in [-0.4, -0.2) is 53.6 Å². The van der Waals surface area contributed by atoms with Crippen LogP contribution in [0.2, 0.25) is 0 Å². The van der Waals surface area contributed by atoms with Gasteiger partial charge in [0, 0.05) is 13.7 Å². The average molecular weight is 266 g/mol. The Bertz CT molecular complexity index is 384. The zero-order valence-electron chi connectivity index (χ0n) is 11.6. The van der Waals surface area contributed by atoms with Crippen LogP contribution in [0.4, 0.5) is 4.79 Å². The number of hydrogen-bond donors (Lipinski definition) is 0. The van der Waals surface area contributed by atoms with Gasteiger partial charge < -0.3 is 9.64 Å². The lowest BCUT2D eigenvalue weighted by molar-refractivity contribution is -0.138. The molecule has 0 radical (unpaired) electrons. The molecule has 5 nitrogen and oxygen atoms in total. The van der Waals surface area contributed by atoms with Gasteiger partial charge in [0.2, 0.25) is 5.91 Å². The zero-order chi connectivity index (χ0) is 13.5. The largest absolute Gasteiger partial charge is 0.379 e. The molecule has 1 saturated carbocycles. The second-order valence-electron chi connectivity index (χ2n) is 6.08. The maximum absolute atomic E-state index is 12.6. The van der Waals surface area contributed by atoms with E-state index in [1.165, 1.54) is 11.3 Å². The number of nitrogens with zero attached hydrogens (tertiary/aromatic N) is 2. The summed E-state index contributed by atoms with van der Waals surface area (Å²) >= 11 is 0. The summed E-state index contributed by atoms with van der Waals surface area (Å²) in [6.45, 7) is 1.15. The fourth-order valence-electron chi connectivity index (χ4n) is 3.76. The van der Waals surface area contributed by atoms with Crippen LogP contribution in [0.3, 0.4) is 0 Å². The molecule has 1 atom stereocenters. The van der Waals surface area contributed by atoms with E-state index >= 15 is 0 Å². The number of ether oxygens (including phenoxy) is 1. The number of urea groups is 1. The highest BCUT2D eigenvalue weighted by Gasteiger charge is 2.49. The molecule has 106 valence electrons. The van der Waals surface area contributed by atoms with E-state index in [9.17, 15) is 9.59 Å². The Labute approximate surface area is 113 Å². The minimum atomic E-state index is -0.206. The summed E-state index contributed by atoms with van der Waals surface area (Å²) in [5, 5.41) is 0. The Kier molecular flexibility index (Phi) is 3.25. The molecular formula is C14H22N2O3. The lowest BCUT2D eigenvalue weighted by Gasteiger charge is -2.50. The van der Waals surface area contributed by atoms with Crippen LogP contribution in [0.25, 0.3) is 0 Å². The lowest BCUT2D eigenvalue weighted by atomic mass is 9.76. The third-order valence-electron chi connectivity index (χ3n) is 5.01. The van der Waals surface area contributed by atoms with Crippen LogP contribution >= 0.6 is 0 Å². The van der Waals surface area contributed by atoms with Crippen molar-refractivity contribution in [3.05, 3.63) is 0 Å². The monoisotopic (exact) mass is 266 g/mol. The van der Waals surface area contributed by atoms with Crippen LogP contribution in [0, 0.1) is 0 Å². The van der Waals surface area contributed by atoms with Crippen molar-refractivity contribution in [2.75, 3.05) is 20.3 Å². The number of rotatable bonds is 1. The zero-order valence-corrected chi connectivity index (χ0v) is 11.6. The van der Waals surface area contributed by atoms with Gasteiger partial charge in [-0.05, 0) is 19.3 Å². The van der Waals surface area contributed by atoms with Gasteiger partial charge in [-0.2, -0.15) is 0 Å². The predicted octanol–water partition coefficient (Wildman–Crippen LogP) is 1.76. The van der Waals surface area contributed by atoms with Crippen LogP contribution < -0.4 is 0 Å². The number of amides is 3. The number of imide groups is 1. The normalized spacial score (nSPS) is 31.3. The van der Waals surface area contributed by atoms with Gasteiger partial charge in [0.15, 0.2) is 0 Å². The van der Waals surface area contributed by atoms with Crippen molar-refractivity contribution in [2.24, 2.45) is 0 Å².